The maximum atomic E-state index is 5.50. The molecule has 43 heavy (non-hydrogen) atoms. The van der Waals surface area contributed by atoms with Gasteiger partial charge in [0.2, 0.25) is 0 Å². The van der Waals surface area contributed by atoms with Crippen molar-refractivity contribution in [2.75, 3.05) is 13.2 Å². The highest BCUT2D eigenvalue weighted by molar-refractivity contribution is 4.67. The molecule has 0 amide bonds. The lowest BCUT2D eigenvalue weighted by molar-refractivity contribution is -0.691. The first-order valence-electron chi connectivity index (χ1n) is 20.3. The average molecular weight is 629 g/mol. The van der Waals surface area contributed by atoms with Crippen molar-refractivity contribution in [2.24, 2.45) is 0 Å². The van der Waals surface area contributed by atoms with Crippen LogP contribution in [0.1, 0.15) is 232 Å². The van der Waals surface area contributed by atoms with Gasteiger partial charge in [0.25, 0.3) is 0 Å². The molecule has 0 radical (unpaired) electrons. The molecule has 3 heteroatoms. The van der Waals surface area contributed by atoms with E-state index in [2.05, 4.69) is 19.2 Å². The van der Waals surface area contributed by atoms with Crippen LogP contribution in [0.3, 0.4) is 0 Å². The first-order valence-corrected chi connectivity index (χ1v) is 20.3. The summed E-state index contributed by atoms with van der Waals surface area (Å²) in [7, 11) is 0. The highest BCUT2D eigenvalue weighted by Crippen LogP contribution is 2.17. The van der Waals surface area contributed by atoms with E-state index in [0.29, 0.717) is 6.10 Å². The zero-order valence-electron chi connectivity index (χ0n) is 30.0. The topological polar surface area (TPSA) is 29.1 Å². The third-order valence-electron chi connectivity index (χ3n) is 9.99. The molecule has 1 saturated heterocycles. The van der Waals surface area contributed by atoms with Gasteiger partial charge in [0, 0.05) is 0 Å². The molecule has 1 aliphatic rings. The zero-order valence-corrected chi connectivity index (χ0v) is 30.7. The fourth-order valence-electron chi connectivity index (χ4n) is 6.84. The Morgan fingerprint density at radius 3 is 0.884 bits per heavy atom. The molecule has 1 heterocycles. The largest absolute Gasteiger partial charge is 1.00 e. The van der Waals surface area contributed by atoms with Crippen molar-refractivity contribution in [3.8, 4) is 0 Å². The maximum absolute atomic E-state index is 5.50. The van der Waals surface area contributed by atoms with Gasteiger partial charge in [-0.2, -0.15) is 0 Å². The second-order valence-electron chi connectivity index (χ2n) is 14.4. The van der Waals surface area contributed by atoms with Crippen molar-refractivity contribution in [3.05, 3.63) is 0 Å². The summed E-state index contributed by atoms with van der Waals surface area (Å²) in [6.07, 6.45) is 50.3. The zero-order chi connectivity index (χ0) is 30.0. The Hall–Kier alpha value is 0.210. The molecule has 0 bridgehead atoms. The van der Waals surface area contributed by atoms with Crippen molar-refractivity contribution in [1.82, 2.24) is 0 Å². The number of rotatable bonds is 37. The predicted molar refractivity (Wildman–Crippen MR) is 189 cm³/mol. The van der Waals surface area contributed by atoms with Gasteiger partial charge in [0.05, 0.1) is 12.6 Å². The molecule has 0 saturated carbocycles. The van der Waals surface area contributed by atoms with E-state index >= 15 is 0 Å². The normalized spacial score (nSPS) is 14.4. The quantitative estimate of drug-likeness (QED) is 0.0539. The highest BCUT2D eigenvalue weighted by atomic mass is 35.5. The molecule has 1 aliphatic heterocycles. The van der Waals surface area contributed by atoms with Crippen LogP contribution in [0.25, 0.3) is 0 Å². The van der Waals surface area contributed by atoms with Gasteiger partial charge in [-0.3, -0.25) is 0 Å². The van der Waals surface area contributed by atoms with Crippen LogP contribution < -0.4 is 17.7 Å². The van der Waals surface area contributed by atoms with Crippen LogP contribution >= 0.6 is 0 Å². The summed E-state index contributed by atoms with van der Waals surface area (Å²) in [6.45, 7) is 6.85. The van der Waals surface area contributed by atoms with Gasteiger partial charge >= 0.3 is 0 Å². The number of halogens is 1. The van der Waals surface area contributed by atoms with E-state index in [1.54, 1.807) is 0 Å². The molecule has 2 N–H and O–H groups in total. The van der Waals surface area contributed by atoms with E-state index in [1.807, 2.05) is 0 Å². The minimum absolute atomic E-state index is 0. The predicted octanol–water partition coefficient (Wildman–Crippen LogP) is 9.62. The van der Waals surface area contributed by atoms with Crippen LogP contribution in [0.4, 0.5) is 0 Å². The lowest BCUT2D eigenvalue weighted by Gasteiger charge is -2.15. The molecule has 1 atom stereocenters. The number of hydrogen-bond acceptors (Lipinski definition) is 1. The molecule has 1 fully saturated rings. The van der Waals surface area contributed by atoms with Crippen LogP contribution in [0.2, 0.25) is 0 Å². The molecule has 2 nitrogen and oxygen atoms in total. The van der Waals surface area contributed by atoms with Crippen molar-refractivity contribution in [3.63, 3.8) is 0 Å². The maximum Gasteiger partial charge on any atom is 0.130 e. The lowest BCUT2D eigenvalue weighted by Crippen LogP contribution is -3.00. The summed E-state index contributed by atoms with van der Waals surface area (Å²) < 4.78 is 5.50. The fourth-order valence-corrected chi connectivity index (χ4v) is 6.84. The van der Waals surface area contributed by atoms with Gasteiger partial charge in [0.1, 0.15) is 12.6 Å². The van der Waals surface area contributed by atoms with Gasteiger partial charge in [-0.25, -0.2) is 0 Å². The molecule has 0 aliphatic carbocycles. The molecule has 0 aromatic carbocycles. The van der Waals surface area contributed by atoms with E-state index in [-0.39, 0.29) is 12.4 Å². The summed E-state index contributed by atoms with van der Waals surface area (Å²) in [6, 6.07) is 0.854. The molecular formula is C40H82ClNO. The van der Waals surface area contributed by atoms with Crippen LogP contribution in [-0.2, 0) is 4.74 Å². The first kappa shape index (κ1) is 43.2. The Morgan fingerprint density at radius 1 is 0.419 bits per heavy atom. The molecule has 0 spiro atoms. The van der Waals surface area contributed by atoms with E-state index in [0.717, 1.165) is 12.6 Å². The Balaban J connectivity index is 0.0000176. The SMILES string of the molecule is CCCCCCCCCCCCCCCCCCC(CCCCCCCCCCCCCCCCCC)[NH2+]CC1CO1.[Cl-]. The van der Waals surface area contributed by atoms with E-state index in [9.17, 15) is 0 Å². The second kappa shape index (κ2) is 36.7. The summed E-state index contributed by atoms with van der Waals surface area (Å²) in [4.78, 5) is 0. The van der Waals surface area contributed by atoms with Gasteiger partial charge in [-0.1, -0.05) is 206 Å². The van der Waals surface area contributed by atoms with Crippen LogP contribution in [0.15, 0.2) is 0 Å². The Kier molecular flexibility index (Phi) is 36.9. The van der Waals surface area contributed by atoms with Crippen molar-refractivity contribution < 1.29 is 22.5 Å². The summed E-state index contributed by atoms with van der Waals surface area (Å²) in [5.41, 5.74) is 0. The van der Waals surface area contributed by atoms with Crippen molar-refractivity contribution in [2.45, 2.75) is 244 Å². The van der Waals surface area contributed by atoms with Gasteiger partial charge in [-0.05, 0) is 25.7 Å². The monoisotopic (exact) mass is 628 g/mol. The number of unbranched alkanes of at least 4 members (excludes halogenated alkanes) is 30. The molecular weight excluding hydrogens is 546 g/mol. The third kappa shape index (κ3) is 34.9. The van der Waals surface area contributed by atoms with Crippen LogP contribution in [0, 0.1) is 0 Å². The van der Waals surface area contributed by atoms with Gasteiger partial charge in [-0.15, -0.1) is 0 Å². The average Bonchev–Trinajstić information content (AvgIpc) is 3.83. The number of epoxide rings is 1. The lowest BCUT2D eigenvalue weighted by atomic mass is 9.99. The number of ether oxygens (including phenoxy) is 1. The Labute approximate surface area is 279 Å². The molecule has 0 aromatic heterocycles. The number of quaternary nitrogens is 1. The Bertz CT molecular complexity index is 461. The van der Waals surface area contributed by atoms with Crippen LogP contribution in [0.5, 0.6) is 0 Å². The Morgan fingerprint density at radius 2 is 0.651 bits per heavy atom. The smallest absolute Gasteiger partial charge is 0.130 e. The van der Waals surface area contributed by atoms with Crippen LogP contribution in [-0.4, -0.2) is 25.3 Å². The molecule has 260 valence electrons. The van der Waals surface area contributed by atoms with E-state index < -0.39 is 0 Å². The van der Waals surface area contributed by atoms with Gasteiger partial charge < -0.3 is 22.5 Å². The number of nitrogens with two attached hydrogens (primary N) is 1. The highest BCUT2D eigenvalue weighted by Gasteiger charge is 2.26. The molecule has 1 rings (SSSR count). The molecule has 1 unspecified atom stereocenters. The molecule has 0 aromatic rings. The minimum Gasteiger partial charge on any atom is -1.00 e. The standard InChI is InChI=1S/C40H81NO.ClH/c1-3-5-7-9-11-13-15-17-19-21-23-25-27-29-31-33-35-39(41-37-40-38-42-40)36-34-32-30-28-26-24-22-20-18-16-14-12-10-8-6-4-2;/h39-41H,3-38H2,1-2H3;1H. The number of hydrogen-bond donors (Lipinski definition) is 1. The van der Waals surface area contributed by atoms with Crippen molar-refractivity contribution in [1.29, 1.82) is 0 Å². The minimum atomic E-state index is 0. The third-order valence-corrected chi connectivity index (χ3v) is 9.99. The second-order valence-corrected chi connectivity index (χ2v) is 14.4. The summed E-state index contributed by atoms with van der Waals surface area (Å²) >= 11 is 0. The fraction of sp³-hybridized carbons (Fsp3) is 1.00. The van der Waals surface area contributed by atoms with Gasteiger partial charge in [0.15, 0.2) is 0 Å². The summed E-state index contributed by atoms with van der Waals surface area (Å²) in [5, 5.41) is 2.65. The van der Waals surface area contributed by atoms with Crippen molar-refractivity contribution >= 4 is 0 Å². The van der Waals surface area contributed by atoms with E-state index in [4.69, 9.17) is 4.74 Å². The first-order chi connectivity index (χ1) is 20.9. The van der Waals surface area contributed by atoms with E-state index in [1.165, 1.54) is 225 Å². The summed E-state index contributed by atoms with van der Waals surface area (Å²) in [5.74, 6) is 0.